The molecule has 4 nitrogen and oxygen atoms in total. The Morgan fingerprint density at radius 1 is 1.27 bits per heavy atom. The summed E-state index contributed by atoms with van der Waals surface area (Å²) in [7, 11) is 0. The van der Waals surface area contributed by atoms with Gasteiger partial charge in [0.05, 0.1) is 12.0 Å². The molecule has 2 aromatic carbocycles. The van der Waals surface area contributed by atoms with Crippen LogP contribution < -0.4 is 5.32 Å². The molecule has 1 atom stereocenters. The third-order valence-corrected chi connectivity index (χ3v) is 3.86. The molecule has 0 bridgehead atoms. The summed E-state index contributed by atoms with van der Waals surface area (Å²) >= 11 is 5.94. The van der Waals surface area contributed by atoms with Gasteiger partial charge in [-0.3, -0.25) is 4.79 Å². The second kappa shape index (κ2) is 5.81. The third kappa shape index (κ3) is 2.83. The van der Waals surface area contributed by atoms with Gasteiger partial charge in [-0.1, -0.05) is 35.9 Å². The maximum absolute atomic E-state index is 12.2. The Hall–Kier alpha value is -2.33. The lowest BCUT2D eigenvalue weighted by molar-refractivity contribution is -0.118. The van der Waals surface area contributed by atoms with Gasteiger partial charge in [0.2, 0.25) is 5.91 Å². The van der Waals surface area contributed by atoms with Gasteiger partial charge in [0.1, 0.15) is 6.10 Å². The van der Waals surface area contributed by atoms with Crippen LogP contribution in [0.25, 0.3) is 0 Å². The van der Waals surface area contributed by atoms with Crippen molar-refractivity contribution in [2.24, 2.45) is 0 Å². The van der Waals surface area contributed by atoms with Crippen LogP contribution in [0, 0.1) is 6.92 Å². The van der Waals surface area contributed by atoms with E-state index in [4.69, 9.17) is 16.3 Å². The first-order valence-electron chi connectivity index (χ1n) is 6.90. The summed E-state index contributed by atoms with van der Waals surface area (Å²) in [4.78, 5) is 23.9. The van der Waals surface area contributed by atoms with Crippen LogP contribution in [0.5, 0.6) is 0 Å². The number of ether oxygens (including phenoxy) is 1. The van der Waals surface area contributed by atoms with Crippen LogP contribution in [0.1, 0.15) is 34.0 Å². The predicted octanol–water partition coefficient (Wildman–Crippen LogP) is 3.89. The zero-order valence-corrected chi connectivity index (χ0v) is 12.7. The van der Waals surface area contributed by atoms with E-state index in [2.05, 4.69) is 5.32 Å². The fourth-order valence-corrected chi connectivity index (χ4v) is 2.64. The van der Waals surface area contributed by atoms with Crippen molar-refractivity contribution >= 4 is 29.2 Å². The quantitative estimate of drug-likeness (QED) is 0.874. The molecule has 5 heteroatoms. The van der Waals surface area contributed by atoms with Crippen LogP contribution in [0.15, 0.2) is 42.5 Å². The first-order valence-corrected chi connectivity index (χ1v) is 7.28. The number of hydrogen-bond acceptors (Lipinski definition) is 3. The van der Waals surface area contributed by atoms with E-state index in [0.717, 1.165) is 11.1 Å². The third-order valence-electron chi connectivity index (χ3n) is 3.62. The standard InChI is InChI=1S/C17H14ClNO3/c1-10-6-7-11(18)8-14(10)19-16(20)9-15-12-4-2-3-5-13(12)17(21)22-15/h2-8,15H,9H2,1H3,(H,19,20)/t15-/m1/s1. The summed E-state index contributed by atoms with van der Waals surface area (Å²) in [5, 5.41) is 3.36. The summed E-state index contributed by atoms with van der Waals surface area (Å²) in [6.07, 6.45) is -0.461. The highest BCUT2D eigenvalue weighted by Crippen LogP contribution is 2.33. The van der Waals surface area contributed by atoms with E-state index in [0.29, 0.717) is 16.3 Å². The first-order chi connectivity index (χ1) is 10.5. The second-order valence-corrected chi connectivity index (χ2v) is 5.63. The Labute approximate surface area is 133 Å². The van der Waals surface area contributed by atoms with Crippen LogP contribution in [0.3, 0.4) is 0 Å². The molecular weight excluding hydrogens is 302 g/mol. The fraction of sp³-hybridized carbons (Fsp3) is 0.176. The molecule has 0 saturated carbocycles. The van der Waals surface area contributed by atoms with Gasteiger partial charge in [-0.2, -0.15) is 0 Å². The number of rotatable bonds is 3. The topological polar surface area (TPSA) is 55.4 Å². The van der Waals surface area contributed by atoms with E-state index in [1.807, 2.05) is 25.1 Å². The number of halogens is 1. The maximum Gasteiger partial charge on any atom is 0.339 e. The van der Waals surface area contributed by atoms with Crippen molar-refractivity contribution in [3.63, 3.8) is 0 Å². The molecular formula is C17H14ClNO3. The van der Waals surface area contributed by atoms with E-state index >= 15 is 0 Å². The van der Waals surface area contributed by atoms with Gasteiger partial charge < -0.3 is 10.1 Å². The van der Waals surface area contributed by atoms with E-state index in [1.54, 1.807) is 24.3 Å². The van der Waals surface area contributed by atoms with Gasteiger partial charge in [0.25, 0.3) is 0 Å². The van der Waals surface area contributed by atoms with Crippen molar-refractivity contribution in [3.05, 3.63) is 64.2 Å². The number of anilines is 1. The number of cyclic esters (lactones) is 1. The predicted molar refractivity (Wildman–Crippen MR) is 84.0 cm³/mol. The lowest BCUT2D eigenvalue weighted by Gasteiger charge is -2.12. The van der Waals surface area contributed by atoms with Crippen molar-refractivity contribution in [1.82, 2.24) is 0 Å². The van der Waals surface area contributed by atoms with Gasteiger partial charge in [-0.25, -0.2) is 4.79 Å². The number of fused-ring (bicyclic) bond motifs is 1. The van der Waals surface area contributed by atoms with E-state index in [9.17, 15) is 9.59 Å². The second-order valence-electron chi connectivity index (χ2n) is 5.19. The monoisotopic (exact) mass is 315 g/mol. The van der Waals surface area contributed by atoms with Gasteiger partial charge in [0.15, 0.2) is 0 Å². The Bertz CT molecular complexity index is 757. The van der Waals surface area contributed by atoms with Gasteiger partial charge in [-0.05, 0) is 30.7 Å². The molecule has 1 aliphatic heterocycles. The zero-order valence-electron chi connectivity index (χ0n) is 11.9. The number of nitrogens with one attached hydrogen (secondary N) is 1. The molecule has 1 amide bonds. The molecule has 0 unspecified atom stereocenters. The van der Waals surface area contributed by atoms with Crippen LogP contribution in [0.2, 0.25) is 5.02 Å². The Morgan fingerprint density at radius 3 is 2.86 bits per heavy atom. The number of esters is 1. The van der Waals surface area contributed by atoms with Crippen molar-refractivity contribution in [2.75, 3.05) is 5.32 Å². The van der Waals surface area contributed by atoms with E-state index < -0.39 is 6.10 Å². The summed E-state index contributed by atoms with van der Waals surface area (Å²) in [5.41, 5.74) is 2.86. The molecule has 0 fully saturated rings. The van der Waals surface area contributed by atoms with Gasteiger partial charge >= 0.3 is 5.97 Å². The molecule has 1 heterocycles. The normalized spacial score (nSPS) is 16.1. The fourth-order valence-electron chi connectivity index (χ4n) is 2.47. The Balaban J connectivity index is 1.73. The molecule has 0 saturated heterocycles. The molecule has 2 aromatic rings. The van der Waals surface area contributed by atoms with Crippen LogP contribution >= 0.6 is 11.6 Å². The Morgan fingerprint density at radius 2 is 2.05 bits per heavy atom. The van der Waals surface area contributed by atoms with Crippen molar-refractivity contribution in [3.8, 4) is 0 Å². The van der Waals surface area contributed by atoms with Crippen LogP contribution in [0.4, 0.5) is 5.69 Å². The molecule has 112 valence electrons. The number of amides is 1. The largest absolute Gasteiger partial charge is 0.453 e. The summed E-state index contributed by atoms with van der Waals surface area (Å²) in [5.74, 6) is -0.604. The number of carbonyl (C=O) groups excluding carboxylic acids is 2. The molecule has 0 spiro atoms. The highest BCUT2D eigenvalue weighted by atomic mass is 35.5. The zero-order chi connectivity index (χ0) is 15.7. The SMILES string of the molecule is Cc1ccc(Cl)cc1NC(=O)C[C@H]1OC(=O)c2ccccc21. The number of benzene rings is 2. The molecule has 1 aliphatic rings. The summed E-state index contributed by atoms with van der Waals surface area (Å²) in [6.45, 7) is 1.89. The highest BCUT2D eigenvalue weighted by Gasteiger charge is 2.32. The van der Waals surface area contributed by atoms with E-state index in [1.165, 1.54) is 0 Å². The average molecular weight is 316 g/mol. The van der Waals surface area contributed by atoms with Crippen LogP contribution in [-0.2, 0) is 9.53 Å². The van der Waals surface area contributed by atoms with Crippen molar-refractivity contribution in [1.29, 1.82) is 0 Å². The highest BCUT2D eigenvalue weighted by molar-refractivity contribution is 6.31. The molecule has 0 radical (unpaired) electrons. The van der Waals surface area contributed by atoms with Crippen molar-refractivity contribution < 1.29 is 14.3 Å². The minimum Gasteiger partial charge on any atom is -0.453 e. The lowest BCUT2D eigenvalue weighted by atomic mass is 10.0. The van der Waals surface area contributed by atoms with Crippen LogP contribution in [-0.4, -0.2) is 11.9 Å². The number of carbonyl (C=O) groups is 2. The van der Waals surface area contributed by atoms with Crippen molar-refractivity contribution in [2.45, 2.75) is 19.4 Å². The number of hydrogen-bond donors (Lipinski definition) is 1. The minimum atomic E-state index is -0.539. The lowest BCUT2D eigenvalue weighted by Crippen LogP contribution is -2.16. The van der Waals surface area contributed by atoms with Gasteiger partial charge in [0, 0.05) is 16.3 Å². The summed E-state index contributed by atoms with van der Waals surface area (Å²) in [6, 6.07) is 12.4. The molecule has 22 heavy (non-hydrogen) atoms. The maximum atomic E-state index is 12.2. The smallest absolute Gasteiger partial charge is 0.339 e. The first kappa shape index (κ1) is 14.6. The average Bonchev–Trinajstić information content (AvgIpc) is 2.80. The van der Waals surface area contributed by atoms with Gasteiger partial charge in [-0.15, -0.1) is 0 Å². The Kier molecular flexibility index (Phi) is 3.86. The molecule has 0 aromatic heterocycles. The summed E-state index contributed by atoms with van der Waals surface area (Å²) < 4.78 is 5.27. The number of aryl methyl sites for hydroxylation is 1. The minimum absolute atomic E-state index is 0.0781. The molecule has 1 N–H and O–H groups in total. The molecule has 3 rings (SSSR count). The molecule has 0 aliphatic carbocycles. The van der Waals surface area contributed by atoms with E-state index in [-0.39, 0.29) is 18.3 Å².